The van der Waals surface area contributed by atoms with Crippen molar-refractivity contribution >= 4 is 34.4 Å². The van der Waals surface area contributed by atoms with Crippen LogP contribution in [0.3, 0.4) is 0 Å². The third kappa shape index (κ3) is 4.59. The van der Waals surface area contributed by atoms with Crippen LogP contribution in [-0.2, 0) is 4.74 Å². The fourth-order valence-corrected chi connectivity index (χ4v) is 3.39. The molecule has 1 saturated heterocycles. The molecular formula is C20H26ClN5O2. The third-order valence-corrected chi connectivity index (χ3v) is 4.89. The number of hydrogen-bond donors (Lipinski definition) is 2. The van der Waals surface area contributed by atoms with Crippen LogP contribution in [0.15, 0.2) is 24.4 Å². The molecule has 150 valence electrons. The highest BCUT2D eigenvalue weighted by molar-refractivity contribution is 6.29. The fraction of sp³-hybridized carbons (Fsp3) is 0.500. The minimum atomic E-state index is -0.518. The lowest BCUT2D eigenvalue weighted by Crippen LogP contribution is -2.55. The fourth-order valence-electron chi connectivity index (χ4n) is 3.23. The van der Waals surface area contributed by atoms with Crippen molar-refractivity contribution in [3.63, 3.8) is 0 Å². The summed E-state index contributed by atoms with van der Waals surface area (Å²) in [4.78, 5) is 22.6. The van der Waals surface area contributed by atoms with E-state index in [1.54, 1.807) is 17.2 Å². The summed E-state index contributed by atoms with van der Waals surface area (Å²) in [5.74, 6) is -0.137. The van der Waals surface area contributed by atoms with Gasteiger partial charge in [0.15, 0.2) is 0 Å². The number of amides is 1. The van der Waals surface area contributed by atoms with E-state index in [4.69, 9.17) is 21.7 Å². The molecule has 0 bridgehead atoms. The SMILES string of the molecule is CNCC(C(=N)C1CN(C(=O)OC(C)(C)C)C1)c1cnc2ccc(Cl)nc2c1. The Kier molecular flexibility index (Phi) is 5.86. The van der Waals surface area contributed by atoms with E-state index in [9.17, 15) is 4.79 Å². The van der Waals surface area contributed by atoms with E-state index < -0.39 is 5.60 Å². The van der Waals surface area contributed by atoms with Crippen molar-refractivity contribution in [1.29, 1.82) is 5.41 Å². The van der Waals surface area contributed by atoms with Gasteiger partial charge in [0.2, 0.25) is 0 Å². The number of carbonyl (C=O) groups is 1. The number of likely N-dealkylation sites (tertiary alicyclic amines) is 1. The molecule has 0 spiro atoms. The average molecular weight is 404 g/mol. The maximum atomic E-state index is 12.1. The summed E-state index contributed by atoms with van der Waals surface area (Å²) in [7, 11) is 1.86. The zero-order chi connectivity index (χ0) is 20.5. The van der Waals surface area contributed by atoms with E-state index >= 15 is 0 Å². The molecule has 0 saturated carbocycles. The first-order valence-corrected chi connectivity index (χ1v) is 9.69. The Morgan fingerprint density at radius 1 is 1.39 bits per heavy atom. The van der Waals surface area contributed by atoms with E-state index in [0.29, 0.717) is 36.0 Å². The summed E-state index contributed by atoms with van der Waals surface area (Å²) in [6.45, 7) is 7.15. The van der Waals surface area contributed by atoms with Gasteiger partial charge in [0.1, 0.15) is 10.8 Å². The molecule has 7 nitrogen and oxygen atoms in total. The second-order valence-electron chi connectivity index (χ2n) is 8.09. The lowest BCUT2D eigenvalue weighted by Gasteiger charge is -2.41. The Morgan fingerprint density at radius 3 is 2.75 bits per heavy atom. The number of ether oxygens (including phenoxy) is 1. The molecule has 1 aliphatic heterocycles. The Bertz CT molecular complexity index is 890. The summed E-state index contributed by atoms with van der Waals surface area (Å²) in [6.07, 6.45) is 1.46. The molecule has 1 fully saturated rings. The molecule has 0 aromatic carbocycles. The van der Waals surface area contributed by atoms with Gasteiger partial charge in [-0.1, -0.05) is 11.6 Å². The molecule has 2 N–H and O–H groups in total. The molecule has 1 unspecified atom stereocenters. The normalized spacial score (nSPS) is 16.0. The lowest BCUT2D eigenvalue weighted by molar-refractivity contribution is 0.00661. The number of rotatable bonds is 5. The highest BCUT2D eigenvalue weighted by atomic mass is 35.5. The monoisotopic (exact) mass is 403 g/mol. The predicted octanol–water partition coefficient (Wildman–Crippen LogP) is 3.47. The largest absolute Gasteiger partial charge is 0.444 e. The van der Waals surface area contributed by atoms with E-state index in [-0.39, 0.29) is 17.9 Å². The summed E-state index contributed by atoms with van der Waals surface area (Å²) in [5, 5.41) is 12.3. The molecule has 3 heterocycles. The summed E-state index contributed by atoms with van der Waals surface area (Å²) >= 11 is 6.00. The topological polar surface area (TPSA) is 91.2 Å². The molecular weight excluding hydrogens is 378 g/mol. The number of carbonyl (C=O) groups excluding carboxylic acids is 1. The van der Waals surface area contributed by atoms with E-state index in [0.717, 1.165) is 11.1 Å². The molecule has 0 radical (unpaired) electrons. The van der Waals surface area contributed by atoms with Crippen molar-refractivity contribution < 1.29 is 9.53 Å². The zero-order valence-electron chi connectivity index (χ0n) is 16.6. The Hall–Kier alpha value is -2.25. The standard InChI is InChI=1S/C20H26ClN5O2/c1-20(2,3)28-19(27)26-10-13(11-26)18(22)14(9-23-4)12-7-16-15(24-8-12)5-6-17(21)25-16/h5-8,13-14,22-23H,9-11H2,1-4H3. The van der Waals surface area contributed by atoms with Crippen LogP contribution in [0.5, 0.6) is 0 Å². The number of likely N-dealkylation sites (N-methyl/N-ethyl adjacent to an activating group) is 1. The molecule has 28 heavy (non-hydrogen) atoms. The highest BCUT2D eigenvalue weighted by Crippen LogP contribution is 2.28. The van der Waals surface area contributed by atoms with Crippen molar-refractivity contribution in [2.45, 2.75) is 32.3 Å². The predicted molar refractivity (Wildman–Crippen MR) is 110 cm³/mol. The maximum Gasteiger partial charge on any atom is 0.410 e. The number of nitrogens with one attached hydrogen (secondary N) is 2. The smallest absolute Gasteiger partial charge is 0.410 e. The van der Waals surface area contributed by atoms with Gasteiger partial charge in [0.25, 0.3) is 0 Å². The first-order chi connectivity index (χ1) is 13.2. The first-order valence-electron chi connectivity index (χ1n) is 9.31. The second-order valence-corrected chi connectivity index (χ2v) is 8.48. The average Bonchev–Trinajstić information content (AvgIpc) is 2.55. The van der Waals surface area contributed by atoms with Gasteiger partial charge in [-0.3, -0.25) is 4.98 Å². The molecule has 0 aliphatic carbocycles. The molecule has 8 heteroatoms. The summed E-state index contributed by atoms with van der Waals surface area (Å²) in [6, 6.07) is 5.48. The van der Waals surface area contributed by atoms with Gasteiger partial charge in [-0.15, -0.1) is 0 Å². The molecule has 2 aromatic rings. The van der Waals surface area contributed by atoms with Gasteiger partial charge in [-0.05, 0) is 51.6 Å². The number of aromatic nitrogens is 2. The van der Waals surface area contributed by atoms with Crippen LogP contribution in [0.25, 0.3) is 11.0 Å². The zero-order valence-corrected chi connectivity index (χ0v) is 17.4. The first kappa shape index (κ1) is 20.5. The minimum Gasteiger partial charge on any atom is -0.444 e. The number of nitrogens with zero attached hydrogens (tertiary/aromatic N) is 3. The highest BCUT2D eigenvalue weighted by Gasteiger charge is 2.38. The van der Waals surface area contributed by atoms with Crippen LogP contribution in [0.1, 0.15) is 32.3 Å². The van der Waals surface area contributed by atoms with Gasteiger partial charge in [-0.2, -0.15) is 0 Å². The van der Waals surface area contributed by atoms with E-state index in [1.165, 1.54) is 0 Å². The van der Waals surface area contributed by atoms with Crippen molar-refractivity contribution in [3.8, 4) is 0 Å². The van der Waals surface area contributed by atoms with Crippen LogP contribution < -0.4 is 5.32 Å². The second kappa shape index (κ2) is 8.01. The quantitative estimate of drug-likeness (QED) is 0.589. The van der Waals surface area contributed by atoms with Crippen molar-refractivity contribution in [3.05, 3.63) is 35.1 Å². The molecule has 3 rings (SSSR count). The van der Waals surface area contributed by atoms with Gasteiger partial charge in [0, 0.05) is 43.4 Å². The van der Waals surface area contributed by atoms with Gasteiger partial charge < -0.3 is 20.4 Å². The number of fused-ring (bicyclic) bond motifs is 1. The molecule has 1 atom stereocenters. The van der Waals surface area contributed by atoms with Crippen LogP contribution in [0.2, 0.25) is 5.15 Å². The Balaban J connectivity index is 1.73. The van der Waals surface area contributed by atoms with Crippen LogP contribution in [0, 0.1) is 11.3 Å². The summed E-state index contributed by atoms with van der Waals surface area (Å²) < 4.78 is 5.40. The molecule has 2 aromatic heterocycles. The van der Waals surface area contributed by atoms with Gasteiger partial charge in [0.05, 0.1) is 11.0 Å². The van der Waals surface area contributed by atoms with Crippen LogP contribution in [-0.4, -0.2) is 59.0 Å². The van der Waals surface area contributed by atoms with Gasteiger partial charge in [-0.25, -0.2) is 9.78 Å². The van der Waals surface area contributed by atoms with Crippen molar-refractivity contribution in [2.75, 3.05) is 26.7 Å². The minimum absolute atomic E-state index is 0.00823. The Morgan fingerprint density at radius 2 is 2.11 bits per heavy atom. The molecule has 1 amide bonds. The van der Waals surface area contributed by atoms with Crippen LogP contribution in [0.4, 0.5) is 4.79 Å². The van der Waals surface area contributed by atoms with Crippen molar-refractivity contribution in [2.24, 2.45) is 5.92 Å². The number of pyridine rings is 2. The lowest BCUT2D eigenvalue weighted by atomic mass is 9.83. The van der Waals surface area contributed by atoms with E-state index in [2.05, 4.69) is 15.3 Å². The maximum absolute atomic E-state index is 12.1. The van der Waals surface area contributed by atoms with Crippen molar-refractivity contribution in [1.82, 2.24) is 20.2 Å². The third-order valence-electron chi connectivity index (χ3n) is 4.68. The summed E-state index contributed by atoms with van der Waals surface area (Å²) in [5.41, 5.74) is 2.45. The number of halogens is 1. The Labute approximate surface area is 169 Å². The van der Waals surface area contributed by atoms with Crippen LogP contribution >= 0.6 is 11.6 Å². The molecule has 1 aliphatic rings. The van der Waals surface area contributed by atoms with E-state index in [1.807, 2.05) is 40.0 Å². The van der Waals surface area contributed by atoms with Gasteiger partial charge >= 0.3 is 6.09 Å². The number of hydrogen-bond acceptors (Lipinski definition) is 6.